The number of methoxy groups -OCH3 is 1. The lowest BCUT2D eigenvalue weighted by molar-refractivity contribution is -0.116. The van der Waals surface area contributed by atoms with Gasteiger partial charge in [-0.05, 0) is 70.4 Å². The number of hydrogen-bond acceptors (Lipinski definition) is 6. The molecule has 0 saturated heterocycles. The third-order valence-electron chi connectivity index (χ3n) is 5.39. The molecule has 0 unspecified atom stereocenters. The number of aromatic hydroxyl groups is 1. The van der Waals surface area contributed by atoms with Crippen LogP contribution in [0.3, 0.4) is 0 Å². The minimum Gasteiger partial charge on any atom is -0.494 e. The molecule has 2 N–H and O–H groups in total. The minimum absolute atomic E-state index is 0.00349. The number of rotatable bonds is 8. The van der Waals surface area contributed by atoms with E-state index in [1.54, 1.807) is 30.0 Å². The second-order valence-corrected chi connectivity index (χ2v) is 8.14. The van der Waals surface area contributed by atoms with E-state index < -0.39 is 5.97 Å². The van der Waals surface area contributed by atoms with Crippen LogP contribution in [0.4, 0.5) is 11.4 Å². The number of esters is 1. The second kappa shape index (κ2) is 10.3. The molecule has 0 atom stereocenters. The number of anilines is 1. The summed E-state index contributed by atoms with van der Waals surface area (Å²) in [7, 11) is 5.35. The van der Waals surface area contributed by atoms with Crippen molar-refractivity contribution in [3.05, 3.63) is 53.6 Å². The van der Waals surface area contributed by atoms with E-state index in [0.29, 0.717) is 34.6 Å². The van der Waals surface area contributed by atoms with Gasteiger partial charge in [0.25, 0.3) is 0 Å². The maximum absolute atomic E-state index is 12.1. The lowest BCUT2D eigenvalue weighted by atomic mass is 10.1. The zero-order valence-corrected chi connectivity index (χ0v) is 19.7. The Kier molecular flexibility index (Phi) is 7.50. The van der Waals surface area contributed by atoms with Gasteiger partial charge >= 0.3 is 5.97 Å². The largest absolute Gasteiger partial charge is 0.494 e. The second-order valence-electron chi connectivity index (χ2n) is 8.14. The minimum atomic E-state index is -0.445. The summed E-state index contributed by atoms with van der Waals surface area (Å²) in [6, 6.07) is 12.5. The molecule has 1 heterocycles. The monoisotopic (exact) mass is 450 g/mol. The van der Waals surface area contributed by atoms with E-state index in [-0.39, 0.29) is 11.8 Å². The number of aromatic amines is 1. The van der Waals surface area contributed by atoms with Crippen molar-refractivity contribution in [3.63, 3.8) is 0 Å². The Bertz CT molecular complexity index is 1180. The Morgan fingerprint density at radius 1 is 1.06 bits per heavy atom. The fourth-order valence-corrected chi connectivity index (χ4v) is 3.76. The quantitative estimate of drug-likeness (QED) is 0.398. The van der Waals surface area contributed by atoms with Crippen LogP contribution in [-0.2, 0) is 9.53 Å². The number of carbonyl (C=O) groups is 2. The third-order valence-corrected chi connectivity index (χ3v) is 5.39. The average Bonchev–Trinajstić information content (AvgIpc) is 3.11. The first kappa shape index (κ1) is 24.0. The number of hydrogen-bond donors (Lipinski definition) is 2. The summed E-state index contributed by atoms with van der Waals surface area (Å²) in [5.41, 5.74) is 3.72. The number of amides is 1. The summed E-state index contributed by atoms with van der Waals surface area (Å²) in [6.07, 6.45) is 0.878. The van der Waals surface area contributed by atoms with Crippen molar-refractivity contribution in [3.8, 4) is 5.88 Å². The van der Waals surface area contributed by atoms with Crippen LogP contribution in [0.2, 0.25) is 0 Å². The first-order chi connectivity index (χ1) is 15.7. The number of benzene rings is 2. The molecule has 174 valence electrons. The maximum Gasteiger partial charge on any atom is 0.337 e. The number of aromatic nitrogens is 1. The molecule has 3 rings (SSSR count). The van der Waals surface area contributed by atoms with Gasteiger partial charge in [-0.1, -0.05) is 6.07 Å². The smallest absolute Gasteiger partial charge is 0.337 e. The van der Waals surface area contributed by atoms with Crippen molar-refractivity contribution in [2.45, 2.75) is 20.3 Å². The highest BCUT2D eigenvalue weighted by atomic mass is 16.5. The van der Waals surface area contributed by atoms with Crippen LogP contribution in [0, 0.1) is 0 Å². The van der Waals surface area contributed by atoms with Crippen LogP contribution in [0.1, 0.15) is 36.2 Å². The number of ether oxygens (including phenoxy) is 1. The van der Waals surface area contributed by atoms with E-state index in [0.717, 1.165) is 24.0 Å². The lowest BCUT2D eigenvalue weighted by Crippen LogP contribution is -2.31. The number of fused-ring (bicyclic) bond motifs is 1. The summed E-state index contributed by atoms with van der Waals surface area (Å²) < 4.78 is 4.76. The first-order valence-corrected chi connectivity index (χ1v) is 10.7. The summed E-state index contributed by atoms with van der Waals surface area (Å²) >= 11 is 0. The van der Waals surface area contributed by atoms with Gasteiger partial charge in [-0.25, -0.2) is 4.79 Å². The molecule has 1 amide bonds. The van der Waals surface area contributed by atoms with E-state index in [1.807, 2.05) is 45.3 Å². The molecule has 0 spiro atoms. The van der Waals surface area contributed by atoms with Crippen molar-refractivity contribution < 1.29 is 19.4 Å². The molecule has 3 aromatic rings. The van der Waals surface area contributed by atoms with Crippen LogP contribution in [0.5, 0.6) is 5.88 Å². The van der Waals surface area contributed by atoms with Gasteiger partial charge < -0.3 is 24.6 Å². The molecule has 0 aliphatic rings. The molecule has 0 aliphatic heterocycles. The molecule has 0 bridgehead atoms. The molecular weight excluding hydrogens is 420 g/mol. The summed E-state index contributed by atoms with van der Waals surface area (Å²) in [5, 5.41) is 11.2. The summed E-state index contributed by atoms with van der Waals surface area (Å²) in [6.45, 7) is 4.93. The normalized spacial score (nSPS) is 11.8. The molecule has 8 nitrogen and oxygen atoms in total. The predicted molar refractivity (Wildman–Crippen MR) is 131 cm³/mol. The number of H-pyrrole nitrogens is 1. The Labute approximate surface area is 193 Å². The molecule has 1 aromatic heterocycles. The van der Waals surface area contributed by atoms with Crippen molar-refractivity contribution in [2.75, 3.05) is 39.2 Å². The zero-order chi connectivity index (χ0) is 24.1. The van der Waals surface area contributed by atoms with Crippen molar-refractivity contribution >= 4 is 39.9 Å². The van der Waals surface area contributed by atoms with E-state index >= 15 is 0 Å². The van der Waals surface area contributed by atoms with Crippen LogP contribution >= 0.6 is 0 Å². The zero-order valence-electron chi connectivity index (χ0n) is 19.7. The standard InChI is InChI=1S/C25H30N4O4/c1-16(23-21-12-7-18(25(32)33-5)15-22(21)27-24(23)31)26-19-8-10-20(11-9-19)29(17(2)30)14-6-13-28(3)4/h7-12,15,27,31H,6,13-14H2,1-5H3. The first-order valence-electron chi connectivity index (χ1n) is 10.7. The molecule has 0 saturated carbocycles. The fraction of sp³-hybridized carbons (Fsp3) is 0.320. The number of aliphatic imine (C=N–C) groups is 1. The van der Waals surface area contributed by atoms with Crippen LogP contribution in [0.25, 0.3) is 10.9 Å². The van der Waals surface area contributed by atoms with E-state index in [1.165, 1.54) is 7.11 Å². The fourth-order valence-electron chi connectivity index (χ4n) is 3.76. The Morgan fingerprint density at radius 3 is 2.36 bits per heavy atom. The van der Waals surface area contributed by atoms with Gasteiger partial charge in [0.05, 0.1) is 29.6 Å². The third kappa shape index (κ3) is 5.59. The molecule has 2 aromatic carbocycles. The lowest BCUT2D eigenvalue weighted by Gasteiger charge is -2.22. The maximum atomic E-state index is 12.1. The molecular formula is C25H30N4O4. The highest BCUT2D eigenvalue weighted by Gasteiger charge is 2.16. The Balaban J connectivity index is 1.85. The van der Waals surface area contributed by atoms with Crippen LogP contribution in [-0.4, -0.2) is 66.9 Å². The van der Waals surface area contributed by atoms with Crippen molar-refractivity contribution in [1.82, 2.24) is 9.88 Å². The Morgan fingerprint density at radius 2 is 1.76 bits per heavy atom. The van der Waals surface area contributed by atoms with Crippen LogP contribution in [0.15, 0.2) is 47.5 Å². The number of carbonyl (C=O) groups excluding carboxylic acids is 2. The molecule has 0 fully saturated rings. The van der Waals surface area contributed by atoms with E-state index in [9.17, 15) is 14.7 Å². The van der Waals surface area contributed by atoms with Gasteiger partial charge in [0.15, 0.2) is 5.88 Å². The van der Waals surface area contributed by atoms with Gasteiger partial charge in [-0.2, -0.15) is 0 Å². The van der Waals surface area contributed by atoms with Gasteiger partial charge in [0.2, 0.25) is 5.91 Å². The van der Waals surface area contributed by atoms with E-state index in [4.69, 9.17) is 4.74 Å². The SMILES string of the molecule is COC(=O)c1ccc2c(C(C)=Nc3ccc(N(CCCN(C)C)C(C)=O)cc3)c(O)[nH]c2c1. The molecule has 8 heteroatoms. The predicted octanol–water partition coefficient (Wildman–Crippen LogP) is 4.11. The van der Waals surface area contributed by atoms with Crippen molar-refractivity contribution in [2.24, 2.45) is 4.99 Å². The molecule has 0 aliphatic carbocycles. The van der Waals surface area contributed by atoms with Gasteiger partial charge in [0.1, 0.15) is 0 Å². The summed E-state index contributed by atoms with van der Waals surface area (Å²) in [5.74, 6) is -0.468. The highest BCUT2D eigenvalue weighted by molar-refractivity contribution is 6.13. The number of nitrogens with one attached hydrogen (secondary N) is 1. The van der Waals surface area contributed by atoms with Gasteiger partial charge in [-0.15, -0.1) is 0 Å². The van der Waals surface area contributed by atoms with E-state index in [2.05, 4.69) is 14.9 Å². The Hall–Kier alpha value is -3.65. The highest BCUT2D eigenvalue weighted by Crippen LogP contribution is 2.30. The molecule has 0 radical (unpaired) electrons. The molecule has 33 heavy (non-hydrogen) atoms. The summed E-state index contributed by atoms with van der Waals surface area (Å²) in [4.78, 5) is 35.3. The van der Waals surface area contributed by atoms with Crippen LogP contribution < -0.4 is 4.90 Å². The topological polar surface area (TPSA) is 98.2 Å². The van der Waals surface area contributed by atoms with Gasteiger partial charge in [-0.3, -0.25) is 9.79 Å². The number of nitrogens with zero attached hydrogens (tertiary/aromatic N) is 3. The van der Waals surface area contributed by atoms with Crippen molar-refractivity contribution in [1.29, 1.82) is 0 Å². The van der Waals surface area contributed by atoms with Gasteiger partial charge in [0, 0.05) is 30.1 Å². The average molecular weight is 451 g/mol.